The molecule has 2 aromatic heterocycles. The van der Waals surface area contributed by atoms with Gasteiger partial charge in [0.05, 0.1) is 6.54 Å². The molecule has 168 valence electrons. The Balaban J connectivity index is 1.44. The molecule has 0 unspecified atom stereocenters. The second kappa shape index (κ2) is 8.07. The van der Waals surface area contributed by atoms with E-state index in [0.717, 1.165) is 48.2 Å². The number of hydrogen-bond donors (Lipinski definition) is 1. The van der Waals surface area contributed by atoms with Crippen LogP contribution < -0.4 is 5.32 Å². The number of aromatic nitrogens is 4. The number of amides is 2. The van der Waals surface area contributed by atoms with Crippen LogP contribution in [-0.4, -0.2) is 36.8 Å². The van der Waals surface area contributed by atoms with Crippen LogP contribution in [0.3, 0.4) is 0 Å². The third-order valence-electron chi connectivity index (χ3n) is 6.63. The minimum Gasteiger partial charge on any atom is -0.327 e. The van der Waals surface area contributed by atoms with Crippen LogP contribution in [0.25, 0.3) is 11.5 Å². The van der Waals surface area contributed by atoms with Crippen LogP contribution in [0.15, 0.2) is 24.4 Å². The van der Waals surface area contributed by atoms with Crippen molar-refractivity contribution in [1.29, 1.82) is 0 Å². The molecule has 0 bridgehead atoms. The number of anilines is 1. The van der Waals surface area contributed by atoms with Gasteiger partial charge in [-0.1, -0.05) is 6.07 Å². The number of imidazole rings is 1. The molecule has 7 nitrogen and oxygen atoms in total. The fourth-order valence-electron chi connectivity index (χ4n) is 4.48. The third kappa shape index (κ3) is 3.67. The van der Waals surface area contributed by atoms with E-state index in [1.165, 1.54) is 24.6 Å². The molecule has 1 fully saturated rings. The monoisotopic (exact) mass is 436 g/mol. The molecule has 0 saturated heterocycles. The molecular weight excluding hydrogens is 407 g/mol. The van der Waals surface area contributed by atoms with Gasteiger partial charge in [0.25, 0.3) is 0 Å². The van der Waals surface area contributed by atoms with Gasteiger partial charge in [-0.15, -0.1) is 0 Å². The molecule has 0 radical (unpaired) electrons. The predicted molar refractivity (Wildman–Crippen MR) is 121 cm³/mol. The molecule has 1 aliphatic carbocycles. The van der Waals surface area contributed by atoms with Gasteiger partial charge in [-0.2, -0.15) is 5.10 Å². The number of carbonyl (C=O) groups excluding carboxylic acids is 1. The Kier molecular flexibility index (Phi) is 5.23. The zero-order valence-corrected chi connectivity index (χ0v) is 18.9. The highest BCUT2D eigenvalue weighted by molar-refractivity contribution is 5.90. The number of halogens is 1. The number of fused-ring (bicyclic) bond motifs is 1. The van der Waals surface area contributed by atoms with Crippen molar-refractivity contribution in [3.05, 3.63) is 52.7 Å². The topological polar surface area (TPSA) is 68.0 Å². The lowest BCUT2D eigenvalue weighted by Gasteiger charge is -2.28. The van der Waals surface area contributed by atoms with Crippen LogP contribution in [0.2, 0.25) is 0 Å². The smallest absolute Gasteiger partial charge is 0.322 e. The minimum absolute atomic E-state index is 0.225. The van der Waals surface area contributed by atoms with Crippen LogP contribution in [0.4, 0.5) is 14.9 Å². The van der Waals surface area contributed by atoms with Gasteiger partial charge < -0.3 is 14.8 Å². The molecule has 1 aliphatic heterocycles. The summed E-state index contributed by atoms with van der Waals surface area (Å²) in [4.78, 5) is 19.5. The fourth-order valence-corrected chi connectivity index (χ4v) is 4.48. The molecule has 1 aromatic carbocycles. The van der Waals surface area contributed by atoms with Gasteiger partial charge in [0, 0.05) is 60.5 Å². The summed E-state index contributed by atoms with van der Waals surface area (Å²) < 4.78 is 18.2. The zero-order chi connectivity index (χ0) is 22.4. The van der Waals surface area contributed by atoms with Crippen LogP contribution in [0.5, 0.6) is 0 Å². The number of hydrogen-bond acceptors (Lipinski definition) is 3. The maximum Gasteiger partial charge on any atom is 0.322 e. The first-order chi connectivity index (χ1) is 15.5. The van der Waals surface area contributed by atoms with E-state index in [9.17, 15) is 9.18 Å². The van der Waals surface area contributed by atoms with Gasteiger partial charge in [0.2, 0.25) is 0 Å². The molecular formula is C24H29FN6O. The molecule has 3 heterocycles. The molecule has 3 aromatic rings. The lowest BCUT2D eigenvalue weighted by atomic mass is 10.0. The first-order valence-corrected chi connectivity index (χ1v) is 11.4. The molecule has 8 heteroatoms. The Bertz CT molecular complexity index is 1180. The Morgan fingerprint density at radius 3 is 2.84 bits per heavy atom. The minimum atomic E-state index is -0.326. The van der Waals surface area contributed by atoms with Gasteiger partial charge in [-0.3, -0.25) is 4.68 Å². The van der Waals surface area contributed by atoms with E-state index in [-0.39, 0.29) is 11.8 Å². The molecule has 1 saturated carbocycles. The van der Waals surface area contributed by atoms with E-state index >= 15 is 0 Å². The van der Waals surface area contributed by atoms with E-state index in [1.807, 2.05) is 10.9 Å². The number of urea groups is 1. The van der Waals surface area contributed by atoms with Crippen molar-refractivity contribution >= 4 is 11.7 Å². The Morgan fingerprint density at radius 1 is 1.28 bits per heavy atom. The number of benzene rings is 1. The second-order valence-electron chi connectivity index (χ2n) is 8.88. The maximum absolute atomic E-state index is 13.9. The SMILES string of the molecule is CCn1nc(-c2ncc(C)n2CC2CC2)c2c1CCN(C(=O)Nc1cccc(F)c1C)C2. The first kappa shape index (κ1) is 20.7. The normalized spacial score (nSPS) is 15.7. The van der Waals surface area contributed by atoms with Crippen molar-refractivity contribution < 1.29 is 9.18 Å². The van der Waals surface area contributed by atoms with E-state index in [2.05, 4.69) is 23.7 Å². The quantitative estimate of drug-likeness (QED) is 0.639. The van der Waals surface area contributed by atoms with Gasteiger partial charge in [0.1, 0.15) is 11.5 Å². The molecule has 2 amide bonds. The van der Waals surface area contributed by atoms with Crippen molar-refractivity contribution in [3.8, 4) is 11.5 Å². The van der Waals surface area contributed by atoms with Crippen molar-refractivity contribution in [2.75, 3.05) is 11.9 Å². The standard InChI is InChI=1S/C24H29FN6O/c1-4-31-21-10-11-29(24(32)27-20-7-5-6-19(25)16(20)3)14-18(21)22(28-31)23-26-12-15(2)30(23)13-17-8-9-17/h5-7,12,17H,4,8-11,13-14H2,1-3H3,(H,27,32). The van der Waals surface area contributed by atoms with Crippen molar-refractivity contribution in [2.24, 2.45) is 5.92 Å². The van der Waals surface area contributed by atoms with Crippen molar-refractivity contribution in [3.63, 3.8) is 0 Å². The van der Waals surface area contributed by atoms with E-state index < -0.39 is 0 Å². The zero-order valence-electron chi connectivity index (χ0n) is 18.9. The predicted octanol–water partition coefficient (Wildman–Crippen LogP) is 4.52. The third-order valence-corrected chi connectivity index (χ3v) is 6.63. The average Bonchev–Trinajstić information content (AvgIpc) is 3.44. The summed E-state index contributed by atoms with van der Waals surface area (Å²) in [6, 6.07) is 4.51. The maximum atomic E-state index is 13.9. The molecule has 5 rings (SSSR count). The molecule has 32 heavy (non-hydrogen) atoms. The second-order valence-corrected chi connectivity index (χ2v) is 8.88. The van der Waals surface area contributed by atoms with E-state index in [4.69, 9.17) is 10.1 Å². The summed E-state index contributed by atoms with van der Waals surface area (Å²) in [5, 5.41) is 7.79. The number of aryl methyl sites for hydroxylation is 2. The molecule has 0 atom stereocenters. The first-order valence-electron chi connectivity index (χ1n) is 11.4. The van der Waals surface area contributed by atoms with E-state index in [0.29, 0.717) is 24.3 Å². The number of rotatable bonds is 5. The molecule has 1 N–H and O–H groups in total. The average molecular weight is 437 g/mol. The van der Waals surface area contributed by atoms with Crippen LogP contribution in [0, 0.1) is 25.6 Å². The highest BCUT2D eigenvalue weighted by Crippen LogP contribution is 2.35. The highest BCUT2D eigenvalue weighted by atomic mass is 19.1. The van der Waals surface area contributed by atoms with Gasteiger partial charge in [0.15, 0.2) is 5.82 Å². The lowest BCUT2D eigenvalue weighted by molar-refractivity contribution is 0.205. The summed E-state index contributed by atoms with van der Waals surface area (Å²) in [6.45, 7) is 8.64. The summed E-state index contributed by atoms with van der Waals surface area (Å²) >= 11 is 0. The van der Waals surface area contributed by atoms with Crippen LogP contribution >= 0.6 is 0 Å². The fraction of sp³-hybridized carbons (Fsp3) is 0.458. The molecule has 2 aliphatic rings. The molecule has 0 spiro atoms. The summed E-state index contributed by atoms with van der Waals surface area (Å²) in [7, 11) is 0. The largest absolute Gasteiger partial charge is 0.327 e. The van der Waals surface area contributed by atoms with Gasteiger partial charge in [-0.05, 0) is 51.7 Å². The van der Waals surface area contributed by atoms with Crippen LogP contribution in [0.1, 0.15) is 42.3 Å². The number of nitrogens with zero attached hydrogens (tertiary/aromatic N) is 5. The lowest BCUT2D eigenvalue weighted by Crippen LogP contribution is -2.39. The van der Waals surface area contributed by atoms with Crippen molar-refractivity contribution in [2.45, 2.75) is 59.7 Å². The van der Waals surface area contributed by atoms with E-state index in [1.54, 1.807) is 24.0 Å². The van der Waals surface area contributed by atoms with Crippen LogP contribution in [-0.2, 0) is 26.1 Å². The number of carbonyl (C=O) groups is 1. The Hall–Kier alpha value is -3.16. The van der Waals surface area contributed by atoms with Gasteiger partial charge >= 0.3 is 6.03 Å². The summed E-state index contributed by atoms with van der Waals surface area (Å²) in [6.07, 6.45) is 5.18. The number of nitrogens with one attached hydrogen (secondary N) is 1. The summed E-state index contributed by atoms with van der Waals surface area (Å²) in [5.41, 5.74) is 5.18. The van der Waals surface area contributed by atoms with Gasteiger partial charge in [-0.25, -0.2) is 14.2 Å². The highest BCUT2D eigenvalue weighted by Gasteiger charge is 2.31. The summed E-state index contributed by atoms with van der Waals surface area (Å²) in [5.74, 6) is 1.29. The van der Waals surface area contributed by atoms with Crippen molar-refractivity contribution in [1.82, 2.24) is 24.2 Å². The Morgan fingerprint density at radius 2 is 2.09 bits per heavy atom. The Labute approximate surface area is 187 Å².